The van der Waals surface area contributed by atoms with Crippen molar-refractivity contribution in [3.8, 4) is 11.5 Å². The number of nitrogens with zero attached hydrogens (tertiary/aromatic N) is 3. The molecule has 3 aromatic carbocycles. The van der Waals surface area contributed by atoms with E-state index in [1.807, 2.05) is 38.4 Å². The number of nitrogens with one attached hydrogen (secondary N) is 1. The molecule has 3 aromatic rings. The maximum Gasteiger partial charge on any atom is 0.258 e. The Morgan fingerprint density at radius 1 is 0.889 bits per heavy atom. The highest BCUT2D eigenvalue weighted by Gasteiger charge is 2.26. The molecule has 1 unspecified atom stereocenters. The second-order valence-corrected chi connectivity index (χ2v) is 9.10. The molecule has 190 valence electrons. The molecule has 7 heteroatoms. The normalized spacial score (nSPS) is 14.7. The lowest BCUT2D eigenvalue weighted by Crippen LogP contribution is -2.50. The quantitative estimate of drug-likeness (QED) is 0.468. The van der Waals surface area contributed by atoms with Crippen molar-refractivity contribution in [2.75, 3.05) is 70.3 Å². The number of carbonyl (C=O) groups excluding carboxylic acids is 1. The molecule has 1 aliphatic rings. The average molecular weight is 489 g/mol. The number of amides is 1. The van der Waals surface area contributed by atoms with E-state index >= 15 is 0 Å². The fourth-order valence-corrected chi connectivity index (χ4v) is 4.53. The maximum absolute atomic E-state index is 12.7. The topological polar surface area (TPSA) is 57.3 Å². The Morgan fingerprint density at radius 3 is 2.17 bits per heavy atom. The van der Waals surface area contributed by atoms with Crippen molar-refractivity contribution in [1.82, 2.24) is 10.2 Å². The summed E-state index contributed by atoms with van der Waals surface area (Å²) < 4.78 is 11.0. The van der Waals surface area contributed by atoms with Gasteiger partial charge in [-0.15, -0.1) is 0 Å². The Hall–Kier alpha value is -3.71. The number of ether oxygens (including phenoxy) is 2. The smallest absolute Gasteiger partial charge is 0.258 e. The van der Waals surface area contributed by atoms with Crippen molar-refractivity contribution in [3.05, 3.63) is 84.4 Å². The van der Waals surface area contributed by atoms with Crippen LogP contribution in [0.3, 0.4) is 0 Å². The van der Waals surface area contributed by atoms with Gasteiger partial charge in [0.2, 0.25) is 0 Å². The maximum atomic E-state index is 12.7. The zero-order chi connectivity index (χ0) is 25.3. The van der Waals surface area contributed by atoms with Gasteiger partial charge in [-0.3, -0.25) is 9.69 Å². The van der Waals surface area contributed by atoms with E-state index in [2.05, 4.69) is 68.5 Å². The molecule has 0 saturated carbocycles. The minimum absolute atomic E-state index is 0.0611. The molecule has 1 heterocycles. The Bertz CT molecular complexity index is 1100. The minimum Gasteiger partial charge on any atom is -0.493 e. The third-order valence-corrected chi connectivity index (χ3v) is 6.59. The first-order valence-corrected chi connectivity index (χ1v) is 12.4. The van der Waals surface area contributed by atoms with Gasteiger partial charge in [-0.1, -0.05) is 42.5 Å². The Labute approximate surface area is 214 Å². The van der Waals surface area contributed by atoms with E-state index in [1.165, 1.54) is 11.3 Å². The standard InChI is InChI=1S/C29H36N4O3/c1-31(2)24-15-13-23(14-16-24)26(33-19-17-32(18-20-33)25-9-5-4-6-10-25)21-30-29(34)22-36-28-12-8-7-11-27(28)35-3/h4-16,26H,17-22H2,1-3H3,(H,30,34). The molecule has 0 aliphatic carbocycles. The van der Waals surface area contributed by atoms with Crippen LogP contribution in [-0.4, -0.2) is 71.3 Å². The van der Waals surface area contributed by atoms with Gasteiger partial charge in [0.05, 0.1) is 13.2 Å². The van der Waals surface area contributed by atoms with E-state index in [-0.39, 0.29) is 18.6 Å². The molecule has 0 bridgehead atoms. The van der Waals surface area contributed by atoms with Gasteiger partial charge in [-0.05, 0) is 42.0 Å². The summed E-state index contributed by atoms with van der Waals surface area (Å²) in [7, 11) is 5.67. The van der Waals surface area contributed by atoms with Gasteiger partial charge in [0.15, 0.2) is 18.1 Å². The molecule has 1 N–H and O–H groups in total. The molecule has 1 fully saturated rings. The van der Waals surface area contributed by atoms with Crippen molar-refractivity contribution in [2.45, 2.75) is 6.04 Å². The van der Waals surface area contributed by atoms with Crippen LogP contribution in [0.5, 0.6) is 11.5 Å². The Balaban J connectivity index is 1.40. The molecule has 0 aromatic heterocycles. The van der Waals surface area contributed by atoms with Crippen LogP contribution in [0.25, 0.3) is 0 Å². The molecule has 4 rings (SSSR count). The fourth-order valence-electron chi connectivity index (χ4n) is 4.53. The van der Waals surface area contributed by atoms with Gasteiger partial charge >= 0.3 is 0 Å². The lowest BCUT2D eigenvalue weighted by molar-refractivity contribution is -0.123. The first kappa shape index (κ1) is 25.4. The molecule has 1 atom stereocenters. The summed E-state index contributed by atoms with van der Waals surface area (Å²) in [5.41, 5.74) is 3.60. The van der Waals surface area contributed by atoms with E-state index in [9.17, 15) is 4.79 Å². The lowest BCUT2D eigenvalue weighted by atomic mass is 10.0. The number of carbonyl (C=O) groups is 1. The highest BCUT2D eigenvalue weighted by Crippen LogP contribution is 2.27. The van der Waals surface area contributed by atoms with Crippen molar-refractivity contribution in [3.63, 3.8) is 0 Å². The molecule has 1 aliphatic heterocycles. The van der Waals surface area contributed by atoms with Crippen molar-refractivity contribution in [2.24, 2.45) is 0 Å². The van der Waals surface area contributed by atoms with Crippen LogP contribution in [0, 0.1) is 0 Å². The lowest BCUT2D eigenvalue weighted by Gasteiger charge is -2.40. The summed E-state index contributed by atoms with van der Waals surface area (Å²) in [6.45, 7) is 4.18. The van der Waals surface area contributed by atoms with E-state index < -0.39 is 0 Å². The minimum atomic E-state index is -0.154. The zero-order valence-corrected chi connectivity index (χ0v) is 21.4. The zero-order valence-electron chi connectivity index (χ0n) is 21.4. The number of methoxy groups -OCH3 is 1. The van der Waals surface area contributed by atoms with Gasteiger partial charge in [0, 0.05) is 58.2 Å². The highest BCUT2D eigenvalue weighted by atomic mass is 16.5. The van der Waals surface area contributed by atoms with Crippen LogP contribution in [0.15, 0.2) is 78.9 Å². The molecule has 1 saturated heterocycles. The Morgan fingerprint density at radius 2 is 1.53 bits per heavy atom. The van der Waals surface area contributed by atoms with Crippen LogP contribution in [0.4, 0.5) is 11.4 Å². The predicted molar refractivity (Wildman–Crippen MR) is 145 cm³/mol. The van der Waals surface area contributed by atoms with Gasteiger partial charge in [-0.2, -0.15) is 0 Å². The van der Waals surface area contributed by atoms with Gasteiger partial charge in [0.25, 0.3) is 5.91 Å². The van der Waals surface area contributed by atoms with Crippen molar-refractivity contribution >= 4 is 17.3 Å². The van der Waals surface area contributed by atoms with E-state index in [0.717, 1.165) is 31.9 Å². The SMILES string of the molecule is COc1ccccc1OCC(=O)NCC(c1ccc(N(C)C)cc1)N1CCN(c2ccccc2)CC1. The van der Waals surface area contributed by atoms with E-state index in [0.29, 0.717) is 18.0 Å². The second kappa shape index (κ2) is 12.3. The first-order valence-electron chi connectivity index (χ1n) is 12.4. The number of hydrogen-bond acceptors (Lipinski definition) is 6. The highest BCUT2D eigenvalue weighted by molar-refractivity contribution is 5.77. The molecule has 0 spiro atoms. The van der Waals surface area contributed by atoms with Crippen LogP contribution in [0.1, 0.15) is 11.6 Å². The van der Waals surface area contributed by atoms with Crippen LogP contribution in [-0.2, 0) is 4.79 Å². The molecule has 7 nitrogen and oxygen atoms in total. The molecule has 36 heavy (non-hydrogen) atoms. The number of benzene rings is 3. The number of rotatable bonds is 10. The molecule has 0 radical (unpaired) electrons. The van der Waals surface area contributed by atoms with E-state index in [4.69, 9.17) is 9.47 Å². The van der Waals surface area contributed by atoms with Gasteiger partial charge in [-0.25, -0.2) is 0 Å². The summed E-state index contributed by atoms with van der Waals surface area (Å²) in [4.78, 5) is 19.7. The monoisotopic (exact) mass is 488 g/mol. The van der Waals surface area contributed by atoms with Gasteiger partial charge < -0.3 is 24.6 Å². The van der Waals surface area contributed by atoms with Crippen LogP contribution in [0.2, 0.25) is 0 Å². The van der Waals surface area contributed by atoms with Crippen molar-refractivity contribution < 1.29 is 14.3 Å². The third-order valence-electron chi connectivity index (χ3n) is 6.59. The number of piperazine rings is 1. The molecule has 1 amide bonds. The number of anilines is 2. The third kappa shape index (κ3) is 6.49. The van der Waals surface area contributed by atoms with Gasteiger partial charge in [0.1, 0.15) is 0 Å². The summed E-state index contributed by atoms with van der Waals surface area (Å²) in [5, 5.41) is 3.10. The molecular weight excluding hydrogens is 452 g/mol. The van der Waals surface area contributed by atoms with E-state index in [1.54, 1.807) is 13.2 Å². The number of para-hydroxylation sites is 3. The largest absolute Gasteiger partial charge is 0.493 e. The summed E-state index contributed by atoms with van der Waals surface area (Å²) in [5.74, 6) is 1.02. The Kier molecular flexibility index (Phi) is 8.68. The second-order valence-electron chi connectivity index (χ2n) is 9.10. The summed E-state index contributed by atoms with van der Waals surface area (Å²) in [6.07, 6.45) is 0. The van der Waals surface area contributed by atoms with Crippen molar-refractivity contribution in [1.29, 1.82) is 0 Å². The fraction of sp³-hybridized carbons (Fsp3) is 0.345. The summed E-state index contributed by atoms with van der Waals surface area (Å²) in [6, 6.07) is 26.6. The number of hydrogen-bond donors (Lipinski definition) is 1. The average Bonchev–Trinajstić information content (AvgIpc) is 2.93. The predicted octanol–water partition coefficient (Wildman–Crippen LogP) is 3.82. The van der Waals surface area contributed by atoms with Crippen LogP contribution < -0.4 is 24.6 Å². The van der Waals surface area contributed by atoms with Crippen LogP contribution >= 0.6 is 0 Å². The molecular formula is C29H36N4O3. The summed E-state index contributed by atoms with van der Waals surface area (Å²) >= 11 is 0. The first-order chi connectivity index (χ1) is 17.5.